The minimum Gasteiger partial charge on any atom is -0.326 e. The van der Waals surface area contributed by atoms with Gasteiger partial charge in [0.1, 0.15) is 5.82 Å². The van der Waals surface area contributed by atoms with E-state index in [9.17, 15) is 27.2 Å². The van der Waals surface area contributed by atoms with Gasteiger partial charge in [-0.3, -0.25) is 14.9 Å². The number of nitrogens with one attached hydrogen (secondary N) is 2. The fraction of sp³-hybridized carbons (Fsp3) is 0.105. The van der Waals surface area contributed by atoms with E-state index in [2.05, 4.69) is 15.6 Å². The highest BCUT2D eigenvalue weighted by molar-refractivity contribution is 7.14. The van der Waals surface area contributed by atoms with E-state index in [1.165, 1.54) is 36.6 Å². The van der Waals surface area contributed by atoms with Gasteiger partial charge in [-0.2, -0.15) is 13.2 Å². The Kier molecular flexibility index (Phi) is 5.64. The van der Waals surface area contributed by atoms with Crippen LogP contribution in [0.1, 0.15) is 22.8 Å². The highest BCUT2D eigenvalue weighted by Gasteiger charge is 2.35. The summed E-state index contributed by atoms with van der Waals surface area (Å²) < 4.78 is 53.5. The van der Waals surface area contributed by atoms with Gasteiger partial charge in [0, 0.05) is 23.6 Å². The zero-order valence-corrected chi connectivity index (χ0v) is 15.6. The molecule has 3 rings (SSSR count). The Hall–Kier alpha value is -3.27. The number of alkyl halides is 3. The van der Waals surface area contributed by atoms with Gasteiger partial charge in [0.2, 0.25) is 5.91 Å². The minimum atomic E-state index is -4.68. The fourth-order valence-corrected chi connectivity index (χ4v) is 3.26. The molecule has 3 aromatic rings. The second kappa shape index (κ2) is 8.00. The summed E-state index contributed by atoms with van der Waals surface area (Å²) in [6, 6.07) is 8.39. The summed E-state index contributed by atoms with van der Waals surface area (Å²) in [4.78, 5) is 27.4. The molecule has 0 atom stereocenters. The summed E-state index contributed by atoms with van der Waals surface area (Å²) in [5.74, 6) is -1.97. The Labute approximate surface area is 166 Å². The molecule has 10 heteroatoms. The predicted molar refractivity (Wildman–Crippen MR) is 101 cm³/mol. The highest BCUT2D eigenvalue weighted by atomic mass is 32.1. The molecule has 1 aromatic heterocycles. The van der Waals surface area contributed by atoms with Gasteiger partial charge in [0.25, 0.3) is 5.91 Å². The summed E-state index contributed by atoms with van der Waals surface area (Å²) in [5.41, 5.74) is -1.02. The van der Waals surface area contributed by atoms with E-state index >= 15 is 0 Å². The molecule has 0 unspecified atom stereocenters. The smallest absolute Gasteiger partial charge is 0.326 e. The van der Waals surface area contributed by atoms with E-state index in [1.54, 1.807) is 0 Å². The Bertz CT molecular complexity index is 1080. The van der Waals surface area contributed by atoms with Crippen molar-refractivity contribution in [3.8, 4) is 11.3 Å². The van der Waals surface area contributed by atoms with Gasteiger partial charge in [0.15, 0.2) is 5.13 Å². The van der Waals surface area contributed by atoms with Gasteiger partial charge in [-0.25, -0.2) is 9.37 Å². The van der Waals surface area contributed by atoms with Gasteiger partial charge < -0.3 is 5.32 Å². The molecule has 0 radical (unpaired) electrons. The van der Waals surface area contributed by atoms with Crippen LogP contribution in [0.2, 0.25) is 0 Å². The van der Waals surface area contributed by atoms with E-state index in [4.69, 9.17) is 0 Å². The van der Waals surface area contributed by atoms with Crippen molar-refractivity contribution < 1.29 is 27.2 Å². The van der Waals surface area contributed by atoms with E-state index < -0.39 is 29.0 Å². The largest absolute Gasteiger partial charge is 0.417 e. The third-order valence-corrected chi connectivity index (χ3v) is 4.52. The van der Waals surface area contributed by atoms with Crippen LogP contribution in [0.25, 0.3) is 11.3 Å². The number of thiazole rings is 1. The van der Waals surface area contributed by atoms with E-state index in [-0.39, 0.29) is 28.0 Å². The lowest BCUT2D eigenvalue weighted by Crippen LogP contribution is -2.18. The maximum atomic E-state index is 14.3. The van der Waals surface area contributed by atoms with Crippen LogP contribution in [0.3, 0.4) is 0 Å². The van der Waals surface area contributed by atoms with Gasteiger partial charge in [-0.1, -0.05) is 12.1 Å². The molecule has 0 aliphatic heterocycles. The number of aromatic nitrogens is 1. The molecule has 0 saturated heterocycles. The Morgan fingerprint density at radius 3 is 2.45 bits per heavy atom. The lowest BCUT2D eigenvalue weighted by Gasteiger charge is -2.11. The zero-order chi connectivity index (χ0) is 21.2. The number of anilines is 2. The normalized spacial score (nSPS) is 11.2. The van der Waals surface area contributed by atoms with Crippen LogP contribution in [-0.4, -0.2) is 16.8 Å². The Morgan fingerprint density at radius 2 is 1.79 bits per heavy atom. The van der Waals surface area contributed by atoms with Crippen LogP contribution >= 0.6 is 11.3 Å². The summed E-state index contributed by atoms with van der Waals surface area (Å²) in [7, 11) is 0. The number of nitrogens with zero attached hydrogens (tertiary/aromatic N) is 1. The molecule has 0 fully saturated rings. The fourth-order valence-electron chi connectivity index (χ4n) is 2.55. The predicted octanol–water partition coefficient (Wildman–Crippen LogP) is 5.18. The quantitative estimate of drug-likeness (QED) is 0.568. The minimum absolute atomic E-state index is 0.0207. The molecule has 0 aliphatic rings. The molecule has 0 aliphatic carbocycles. The van der Waals surface area contributed by atoms with Crippen molar-refractivity contribution in [2.24, 2.45) is 0 Å². The van der Waals surface area contributed by atoms with Crippen molar-refractivity contribution in [3.63, 3.8) is 0 Å². The third kappa shape index (κ3) is 4.77. The first kappa shape index (κ1) is 20.5. The molecule has 2 aromatic carbocycles. The summed E-state index contributed by atoms with van der Waals surface area (Å²) in [6.45, 7) is 1.29. The van der Waals surface area contributed by atoms with Crippen LogP contribution in [0.5, 0.6) is 0 Å². The summed E-state index contributed by atoms with van der Waals surface area (Å²) >= 11 is 0.944. The standard InChI is InChI=1S/C19H13F4N3O2S/c1-10(27)24-11-6-7-13(15(20)8-11)16-9-29-18(25-16)26-17(28)12-4-2-3-5-14(12)19(21,22)23/h2-9H,1H3,(H,24,27)(H,25,26,28). The van der Waals surface area contributed by atoms with Gasteiger partial charge >= 0.3 is 6.18 Å². The van der Waals surface area contributed by atoms with Crippen LogP contribution in [-0.2, 0) is 11.0 Å². The second-order valence-electron chi connectivity index (χ2n) is 5.91. The maximum absolute atomic E-state index is 14.3. The lowest BCUT2D eigenvalue weighted by molar-refractivity contribution is -0.137. The van der Waals surface area contributed by atoms with Crippen molar-refractivity contribution in [3.05, 3.63) is 64.8 Å². The van der Waals surface area contributed by atoms with Crippen molar-refractivity contribution in [1.82, 2.24) is 4.98 Å². The number of rotatable bonds is 4. The number of halogens is 4. The average Bonchev–Trinajstić information content (AvgIpc) is 3.08. The van der Waals surface area contributed by atoms with Crippen LogP contribution in [0.4, 0.5) is 28.4 Å². The molecule has 1 heterocycles. The molecule has 2 N–H and O–H groups in total. The van der Waals surface area contributed by atoms with Crippen molar-refractivity contribution in [2.75, 3.05) is 10.6 Å². The molecule has 0 spiro atoms. The lowest BCUT2D eigenvalue weighted by atomic mass is 10.1. The number of carbonyl (C=O) groups is 2. The van der Waals surface area contributed by atoms with Crippen molar-refractivity contribution >= 4 is 34.0 Å². The second-order valence-corrected chi connectivity index (χ2v) is 6.77. The maximum Gasteiger partial charge on any atom is 0.417 e. The molecule has 0 saturated carbocycles. The topological polar surface area (TPSA) is 71.1 Å². The van der Waals surface area contributed by atoms with Crippen LogP contribution in [0.15, 0.2) is 47.8 Å². The van der Waals surface area contributed by atoms with Crippen LogP contribution < -0.4 is 10.6 Å². The number of amides is 2. The first-order chi connectivity index (χ1) is 13.6. The van der Waals surface area contributed by atoms with Gasteiger partial charge in [0.05, 0.1) is 16.8 Å². The van der Waals surface area contributed by atoms with Crippen molar-refractivity contribution in [2.45, 2.75) is 13.1 Å². The molecule has 5 nitrogen and oxygen atoms in total. The average molecular weight is 423 g/mol. The van der Waals surface area contributed by atoms with Gasteiger partial charge in [-0.15, -0.1) is 11.3 Å². The van der Waals surface area contributed by atoms with E-state index in [0.29, 0.717) is 0 Å². The molecular weight excluding hydrogens is 410 g/mol. The SMILES string of the molecule is CC(=O)Nc1ccc(-c2csc(NC(=O)c3ccccc3C(F)(F)F)n2)c(F)c1. The first-order valence-corrected chi connectivity index (χ1v) is 9.03. The number of benzene rings is 2. The number of hydrogen-bond acceptors (Lipinski definition) is 4. The Balaban J connectivity index is 1.81. The third-order valence-electron chi connectivity index (χ3n) is 3.77. The first-order valence-electron chi connectivity index (χ1n) is 8.16. The van der Waals surface area contributed by atoms with E-state index in [0.717, 1.165) is 29.5 Å². The number of hydrogen-bond donors (Lipinski definition) is 2. The summed E-state index contributed by atoms with van der Waals surface area (Å²) in [5, 5.41) is 6.23. The van der Waals surface area contributed by atoms with Gasteiger partial charge in [-0.05, 0) is 30.3 Å². The van der Waals surface area contributed by atoms with Crippen LogP contribution in [0, 0.1) is 5.82 Å². The molecule has 29 heavy (non-hydrogen) atoms. The highest BCUT2D eigenvalue weighted by Crippen LogP contribution is 2.33. The van der Waals surface area contributed by atoms with Crippen molar-refractivity contribution in [1.29, 1.82) is 0 Å². The Morgan fingerprint density at radius 1 is 1.07 bits per heavy atom. The molecule has 150 valence electrons. The summed E-state index contributed by atoms with van der Waals surface area (Å²) in [6.07, 6.45) is -4.68. The monoisotopic (exact) mass is 423 g/mol. The zero-order valence-electron chi connectivity index (χ0n) is 14.8. The number of carbonyl (C=O) groups excluding carboxylic acids is 2. The van der Waals surface area contributed by atoms with E-state index in [1.807, 2.05) is 0 Å². The molecular formula is C19H13F4N3O2S. The molecule has 2 amide bonds. The molecule has 0 bridgehead atoms.